The van der Waals surface area contributed by atoms with Gasteiger partial charge in [0.15, 0.2) is 0 Å². The second-order valence-corrected chi connectivity index (χ2v) is 14.4. The molecule has 5 aromatic rings. The van der Waals surface area contributed by atoms with Gasteiger partial charge in [0, 0.05) is 0 Å². The SMILES string of the molecule is O=C(OP(c1ccccc1Cl)(c1ccccc1Cl)(c1ccccc1Cl)c1ccccc1Cl)c1ccccc1. The van der Waals surface area contributed by atoms with Crippen molar-refractivity contribution in [3.8, 4) is 0 Å². The van der Waals surface area contributed by atoms with Crippen molar-refractivity contribution in [2.24, 2.45) is 0 Å². The van der Waals surface area contributed by atoms with Gasteiger partial charge in [0.1, 0.15) is 0 Å². The van der Waals surface area contributed by atoms with Gasteiger partial charge in [-0.1, -0.05) is 0 Å². The van der Waals surface area contributed by atoms with E-state index in [4.69, 9.17) is 50.9 Å². The molecule has 0 aliphatic heterocycles. The molecule has 7 heteroatoms. The van der Waals surface area contributed by atoms with Crippen LogP contribution < -0.4 is 21.2 Å². The van der Waals surface area contributed by atoms with Crippen LogP contribution in [0.5, 0.6) is 0 Å². The number of hydrogen-bond acceptors (Lipinski definition) is 2. The number of hydrogen-bond donors (Lipinski definition) is 0. The molecular formula is C31H21Cl4O2P. The summed E-state index contributed by atoms with van der Waals surface area (Å²) in [6, 6.07) is 38.0. The van der Waals surface area contributed by atoms with Crippen LogP contribution in [0.25, 0.3) is 0 Å². The molecule has 38 heavy (non-hydrogen) atoms. The van der Waals surface area contributed by atoms with E-state index in [0.717, 1.165) is 0 Å². The topological polar surface area (TPSA) is 26.3 Å². The number of carbonyl (C=O) groups excluding carboxylic acids is 1. The van der Waals surface area contributed by atoms with Crippen molar-refractivity contribution in [3.05, 3.63) is 153 Å². The predicted molar refractivity (Wildman–Crippen MR) is 163 cm³/mol. The zero-order chi connectivity index (χ0) is 26.8. The Morgan fingerprint density at radius 2 is 0.737 bits per heavy atom. The Morgan fingerprint density at radius 1 is 0.447 bits per heavy atom. The zero-order valence-electron chi connectivity index (χ0n) is 19.9. The number of benzene rings is 5. The van der Waals surface area contributed by atoms with Crippen LogP contribution in [-0.2, 0) is 4.52 Å². The van der Waals surface area contributed by atoms with E-state index in [9.17, 15) is 4.79 Å². The Morgan fingerprint density at radius 3 is 1.05 bits per heavy atom. The van der Waals surface area contributed by atoms with E-state index >= 15 is 0 Å². The molecule has 0 heterocycles. The molecule has 0 atom stereocenters. The van der Waals surface area contributed by atoms with Crippen molar-refractivity contribution in [3.63, 3.8) is 0 Å². The fourth-order valence-electron chi connectivity index (χ4n) is 4.96. The van der Waals surface area contributed by atoms with E-state index in [1.165, 1.54) is 0 Å². The molecule has 0 spiro atoms. The van der Waals surface area contributed by atoms with Gasteiger partial charge in [-0.25, -0.2) is 0 Å². The number of halogens is 4. The first-order chi connectivity index (χ1) is 18.4. The van der Waals surface area contributed by atoms with Gasteiger partial charge in [-0.15, -0.1) is 0 Å². The average Bonchev–Trinajstić information content (AvgIpc) is 2.94. The Kier molecular flexibility index (Phi) is 7.56. The molecular weight excluding hydrogens is 577 g/mol. The van der Waals surface area contributed by atoms with Crippen molar-refractivity contribution >= 4 is 80.4 Å². The van der Waals surface area contributed by atoms with Gasteiger partial charge in [0.25, 0.3) is 0 Å². The molecule has 0 aromatic heterocycles. The van der Waals surface area contributed by atoms with E-state index in [1.54, 1.807) is 48.5 Å². The molecule has 190 valence electrons. The molecule has 0 amide bonds. The van der Waals surface area contributed by atoms with Crippen LogP contribution in [0.2, 0.25) is 20.1 Å². The van der Waals surface area contributed by atoms with E-state index in [-0.39, 0.29) is 0 Å². The molecule has 0 saturated heterocycles. The van der Waals surface area contributed by atoms with Crippen LogP contribution >= 0.6 is 53.2 Å². The predicted octanol–water partition coefficient (Wildman–Crippen LogP) is 8.23. The molecule has 0 saturated carbocycles. The summed E-state index contributed by atoms with van der Waals surface area (Å²) in [5, 5.41) is 3.74. The fraction of sp³-hybridized carbons (Fsp3) is 0. The molecule has 0 N–H and O–H groups in total. The van der Waals surface area contributed by atoms with Crippen LogP contribution in [0.1, 0.15) is 10.4 Å². The summed E-state index contributed by atoms with van der Waals surface area (Å²) in [4.78, 5) is 14.2. The summed E-state index contributed by atoms with van der Waals surface area (Å²) in [5.41, 5.74) is 0.361. The number of rotatable bonds is 6. The van der Waals surface area contributed by atoms with Crippen LogP contribution in [0.15, 0.2) is 127 Å². The van der Waals surface area contributed by atoms with Crippen molar-refractivity contribution in [2.45, 2.75) is 0 Å². The van der Waals surface area contributed by atoms with Crippen LogP contribution in [0.3, 0.4) is 0 Å². The monoisotopic (exact) mass is 596 g/mol. The van der Waals surface area contributed by atoms with E-state index in [0.29, 0.717) is 46.9 Å². The van der Waals surface area contributed by atoms with Gasteiger partial charge in [-0.3, -0.25) is 0 Å². The fourth-order valence-corrected chi connectivity index (χ4v) is 13.2. The third-order valence-electron chi connectivity index (χ3n) is 6.52. The molecule has 2 nitrogen and oxygen atoms in total. The minimum atomic E-state index is -4.70. The molecule has 0 bridgehead atoms. The van der Waals surface area contributed by atoms with E-state index in [2.05, 4.69) is 0 Å². The van der Waals surface area contributed by atoms with Crippen LogP contribution in [0, 0.1) is 0 Å². The van der Waals surface area contributed by atoms with Crippen LogP contribution in [0.4, 0.5) is 0 Å². The van der Waals surface area contributed by atoms with Gasteiger partial charge in [-0.05, 0) is 0 Å². The molecule has 0 aliphatic carbocycles. The molecule has 0 unspecified atom stereocenters. The first kappa shape index (κ1) is 26.8. The Hall–Kier alpha value is -2.84. The molecule has 5 aromatic carbocycles. The standard InChI is InChI=1S/C31H21Cl4O2P/c32-23-14-4-8-18-27(23)38(28-19-9-5-15-24(28)33,29-20-10-6-16-25(29)34,30-21-11-7-17-26(30)35)37-31(36)22-12-2-1-3-13-22/h1-21H. The molecule has 0 fully saturated rings. The van der Waals surface area contributed by atoms with Gasteiger partial charge in [0.05, 0.1) is 0 Å². The summed E-state index contributed by atoms with van der Waals surface area (Å²) in [5.74, 6) is -0.567. The van der Waals surface area contributed by atoms with Gasteiger partial charge >= 0.3 is 243 Å². The van der Waals surface area contributed by atoms with Crippen molar-refractivity contribution in [2.75, 3.05) is 0 Å². The summed E-state index contributed by atoms with van der Waals surface area (Å²) in [7, 11) is 0. The maximum atomic E-state index is 14.2. The zero-order valence-corrected chi connectivity index (χ0v) is 23.8. The summed E-state index contributed by atoms with van der Waals surface area (Å²) in [6.07, 6.45) is 0. The van der Waals surface area contributed by atoms with Crippen molar-refractivity contribution < 1.29 is 9.32 Å². The Labute approximate surface area is 241 Å². The van der Waals surface area contributed by atoms with Gasteiger partial charge in [0.2, 0.25) is 0 Å². The quantitative estimate of drug-likeness (QED) is 0.184. The second-order valence-electron chi connectivity index (χ2n) is 8.59. The third kappa shape index (κ3) is 4.13. The average molecular weight is 598 g/mol. The van der Waals surface area contributed by atoms with E-state index < -0.39 is 12.8 Å². The summed E-state index contributed by atoms with van der Waals surface area (Å²) in [6.45, 7) is -4.70. The van der Waals surface area contributed by atoms with Crippen molar-refractivity contribution in [1.82, 2.24) is 0 Å². The second kappa shape index (κ2) is 10.7. The first-order valence-electron chi connectivity index (χ1n) is 11.7. The minimum absolute atomic E-state index is 0.361. The molecule has 0 radical (unpaired) electrons. The normalized spacial score (nSPS) is 12.4. The number of carbonyl (C=O) groups is 1. The molecule has 0 aliphatic rings. The third-order valence-corrected chi connectivity index (χ3v) is 14.1. The van der Waals surface area contributed by atoms with Crippen molar-refractivity contribution in [1.29, 1.82) is 0 Å². The summed E-state index contributed by atoms with van der Waals surface area (Å²) < 4.78 is 7.03. The Bertz CT molecular complexity index is 1440. The Balaban J connectivity index is 2.12. The first-order valence-corrected chi connectivity index (χ1v) is 15.4. The van der Waals surface area contributed by atoms with Crippen LogP contribution in [-0.4, -0.2) is 5.97 Å². The summed E-state index contributed by atoms with van der Waals surface area (Å²) >= 11 is 28.2. The van der Waals surface area contributed by atoms with Gasteiger partial charge in [-0.2, -0.15) is 0 Å². The van der Waals surface area contributed by atoms with E-state index in [1.807, 2.05) is 78.9 Å². The molecule has 5 rings (SSSR count). The van der Waals surface area contributed by atoms with Gasteiger partial charge < -0.3 is 0 Å². The maximum absolute atomic E-state index is 14.2.